The van der Waals surface area contributed by atoms with Gasteiger partial charge in [-0.25, -0.2) is 15.0 Å². The van der Waals surface area contributed by atoms with Crippen molar-refractivity contribution in [3.05, 3.63) is 36.1 Å². The first-order valence-electron chi connectivity index (χ1n) is 4.68. The van der Waals surface area contributed by atoms with E-state index in [0.717, 1.165) is 21.6 Å². The van der Waals surface area contributed by atoms with E-state index in [1.165, 1.54) is 17.7 Å². The Morgan fingerprint density at radius 2 is 2.06 bits per heavy atom. The maximum Gasteiger partial charge on any atom is 0.142 e. The summed E-state index contributed by atoms with van der Waals surface area (Å²) in [7, 11) is 0. The summed E-state index contributed by atoms with van der Waals surface area (Å²) in [6, 6.07) is 5.04. The number of hydrogen-bond acceptors (Lipinski definition) is 5. The molecule has 0 saturated carbocycles. The van der Waals surface area contributed by atoms with E-state index in [0.29, 0.717) is 0 Å². The van der Waals surface area contributed by atoms with Gasteiger partial charge < -0.3 is 5.11 Å². The zero-order valence-electron chi connectivity index (χ0n) is 8.16. The molecule has 3 rings (SSSR count). The lowest BCUT2D eigenvalue weighted by molar-refractivity contribution is 0.476. The number of aromatic nitrogens is 3. The molecule has 5 heteroatoms. The number of nitrogens with zero attached hydrogens (tertiary/aromatic N) is 3. The molecule has 0 unspecified atom stereocenters. The molecule has 1 N–H and O–H groups in total. The van der Waals surface area contributed by atoms with Gasteiger partial charge in [0.15, 0.2) is 0 Å². The molecule has 0 bridgehead atoms. The first kappa shape index (κ1) is 9.23. The highest BCUT2D eigenvalue weighted by atomic mass is 32.1. The highest BCUT2D eigenvalue weighted by Crippen LogP contribution is 2.28. The van der Waals surface area contributed by atoms with E-state index in [1.807, 2.05) is 5.38 Å². The second-order valence-corrected chi connectivity index (χ2v) is 4.16. The van der Waals surface area contributed by atoms with E-state index in [9.17, 15) is 5.11 Å². The number of benzene rings is 1. The molecule has 0 aliphatic carbocycles. The Bertz CT molecular complexity index is 637. The molecule has 3 aromatic rings. The Kier molecular flexibility index (Phi) is 2.04. The number of aromatic hydroxyl groups is 1. The Morgan fingerprint density at radius 1 is 1.12 bits per heavy atom. The molecule has 0 radical (unpaired) electrons. The number of thiazole rings is 1. The van der Waals surface area contributed by atoms with Crippen molar-refractivity contribution in [3.63, 3.8) is 0 Å². The van der Waals surface area contributed by atoms with E-state index in [2.05, 4.69) is 15.0 Å². The van der Waals surface area contributed by atoms with Gasteiger partial charge in [0.1, 0.15) is 22.8 Å². The molecular weight excluding hydrogens is 222 g/mol. The fraction of sp³-hybridized carbons (Fsp3) is 0. The zero-order chi connectivity index (χ0) is 11.0. The highest BCUT2D eigenvalue weighted by molar-refractivity contribution is 7.13. The van der Waals surface area contributed by atoms with Crippen LogP contribution >= 0.6 is 11.3 Å². The fourth-order valence-corrected chi connectivity index (χ4v) is 2.20. The second-order valence-electron chi connectivity index (χ2n) is 3.26. The second kappa shape index (κ2) is 3.53. The van der Waals surface area contributed by atoms with Crippen LogP contribution in [0.1, 0.15) is 0 Å². The minimum atomic E-state index is 0.208. The molecule has 16 heavy (non-hydrogen) atoms. The van der Waals surface area contributed by atoms with Crippen LogP contribution in [0.5, 0.6) is 5.75 Å². The topological polar surface area (TPSA) is 58.9 Å². The maximum atomic E-state index is 9.48. The molecule has 0 atom stereocenters. The van der Waals surface area contributed by atoms with Crippen molar-refractivity contribution in [2.45, 2.75) is 0 Å². The minimum absolute atomic E-state index is 0.208. The molecule has 2 heterocycles. The Balaban J connectivity index is 2.36. The number of rotatable bonds is 1. The average Bonchev–Trinajstić information content (AvgIpc) is 2.81. The first-order chi connectivity index (χ1) is 7.84. The summed E-state index contributed by atoms with van der Waals surface area (Å²) in [5.74, 6) is 0.208. The average molecular weight is 229 g/mol. The zero-order valence-corrected chi connectivity index (χ0v) is 8.98. The molecule has 0 aliphatic heterocycles. The van der Waals surface area contributed by atoms with Gasteiger partial charge in [0.05, 0.1) is 5.52 Å². The predicted octanol–water partition coefficient (Wildman–Crippen LogP) is 2.46. The summed E-state index contributed by atoms with van der Waals surface area (Å²) < 4.78 is 0. The van der Waals surface area contributed by atoms with Gasteiger partial charge in [0.25, 0.3) is 0 Å². The summed E-state index contributed by atoms with van der Waals surface area (Å²) in [5.41, 5.74) is 1.56. The van der Waals surface area contributed by atoms with Crippen LogP contribution in [0.15, 0.2) is 36.1 Å². The molecular formula is C11H7N3OS. The van der Waals surface area contributed by atoms with Crippen LogP contribution in [0.3, 0.4) is 0 Å². The quantitative estimate of drug-likeness (QED) is 0.696. The van der Waals surface area contributed by atoms with Gasteiger partial charge in [-0.3, -0.25) is 0 Å². The molecule has 0 saturated heterocycles. The van der Waals surface area contributed by atoms with Crippen molar-refractivity contribution in [1.82, 2.24) is 15.0 Å². The van der Waals surface area contributed by atoms with E-state index in [4.69, 9.17) is 0 Å². The molecule has 0 fully saturated rings. The third-order valence-corrected chi connectivity index (χ3v) is 3.03. The van der Waals surface area contributed by atoms with E-state index in [1.54, 1.807) is 24.4 Å². The number of phenolic OH excluding ortho intramolecular Hbond substituents is 1. The van der Waals surface area contributed by atoms with Crippen molar-refractivity contribution in [1.29, 1.82) is 0 Å². The van der Waals surface area contributed by atoms with E-state index >= 15 is 0 Å². The molecule has 1 aromatic carbocycles. The van der Waals surface area contributed by atoms with Gasteiger partial charge in [-0.15, -0.1) is 11.3 Å². The Morgan fingerprint density at radius 3 is 2.88 bits per heavy atom. The first-order valence-corrected chi connectivity index (χ1v) is 5.56. The van der Waals surface area contributed by atoms with Crippen LogP contribution in [0.2, 0.25) is 0 Å². The van der Waals surface area contributed by atoms with Crippen LogP contribution in [0.25, 0.3) is 21.6 Å². The largest absolute Gasteiger partial charge is 0.508 e. The smallest absolute Gasteiger partial charge is 0.142 e. The number of hydrogen-bond donors (Lipinski definition) is 1. The third-order valence-electron chi connectivity index (χ3n) is 2.25. The molecule has 78 valence electrons. The molecule has 0 amide bonds. The Labute approximate surface area is 95.3 Å². The van der Waals surface area contributed by atoms with Crippen LogP contribution < -0.4 is 0 Å². The van der Waals surface area contributed by atoms with Crippen molar-refractivity contribution in [3.8, 4) is 16.5 Å². The predicted molar refractivity (Wildman–Crippen MR) is 62.3 cm³/mol. The minimum Gasteiger partial charge on any atom is -0.508 e. The lowest BCUT2D eigenvalue weighted by Crippen LogP contribution is -1.87. The monoisotopic (exact) mass is 229 g/mol. The van der Waals surface area contributed by atoms with Crippen LogP contribution in [0, 0.1) is 0 Å². The van der Waals surface area contributed by atoms with Crippen molar-refractivity contribution >= 4 is 22.2 Å². The highest BCUT2D eigenvalue weighted by Gasteiger charge is 2.08. The molecule has 4 nitrogen and oxygen atoms in total. The summed E-state index contributed by atoms with van der Waals surface area (Å²) in [4.78, 5) is 12.6. The fourth-order valence-electron chi connectivity index (χ4n) is 1.56. The van der Waals surface area contributed by atoms with Crippen molar-refractivity contribution in [2.75, 3.05) is 0 Å². The summed E-state index contributed by atoms with van der Waals surface area (Å²) in [6.07, 6.45) is 3.24. The van der Waals surface area contributed by atoms with Crippen LogP contribution in [-0.4, -0.2) is 20.1 Å². The lowest BCUT2D eigenvalue weighted by atomic mass is 10.2. The standard InChI is InChI=1S/C11H7N3OS/c15-7-1-2-9-8(5-7)10(14-6-13-9)11-12-3-4-16-11/h1-6,15H. The van der Waals surface area contributed by atoms with E-state index < -0.39 is 0 Å². The summed E-state index contributed by atoms with van der Waals surface area (Å²) in [5, 5.41) is 13.0. The van der Waals surface area contributed by atoms with Gasteiger partial charge in [-0.2, -0.15) is 0 Å². The van der Waals surface area contributed by atoms with Gasteiger partial charge in [0, 0.05) is 17.0 Å². The van der Waals surface area contributed by atoms with Crippen LogP contribution in [0.4, 0.5) is 0 Å². The molecule has 2 aromatic heterocycles. The van der Waals surface area contributed by atoms with Crippen molar-refractivity contribution in [2.24, 2.45) is 0 Å². The maximum absolute atomic E-state index is 9.48. The van der Waals surface area contributed by atoms with Gasteiger partial charge in [0.2, 0.25) is 0 Å². The lowest BCUT2D eigenvalue weighted by Gasteiger charge is -2.02. The van der Waals surface area contributed by atoms with Crippen molar-refractivity contribution < 1.29 is 5.11 Å². The van der Waals surface area contributed by atoms with Gasteiger partial charge in [-0.1, -0.05) is 0 Å². The van der Waals surface area contributed by atoms with Crippen LogP contribution in [-0.2, 0) is 0 Å². The summed E-state index contributed by atoms with van der Waals surface area (Å²) >= 11 is 1.51. The summed E-state index contributed by atoms with van der Waals surface area (Å²) in [6.45, 7) is 0. The Hall–Kier alpha value is -2.01. The van der Waals surface area contributed by atoms with Gasteiger partial charge >= 0.3 is 0 Å². The molecule has 0 aliphatic rings. The number of fused-ring (bicyclic) bond motifs is 1. The van der Waals surface area contributed by atoms with E-state index in [-0.39, 0.29) is 5.75 Å². The SMILES string of the molecule is Oc1ccc2ncnc(-c3nccs3)c2c1. The third kappa shape index (κ3) is 1.42. The normalized spacial score (nSPS) is 10.8. The van der Waals surface area contributed by atoms with Gasteiger partial charge in [-0.05, 0) is 18.2 Å². The molecule has 0 spiro atoms. The number of phenols is 1.